The maximum absolute atomic E-state index is 12.3. The van der Waals surface area contributed by atoms with E-state index in [0.717, 1.165) is 22.7 Å². The van der Waals surface area contributed by atoms with E-state index in [-0.39, 0.29) is 12.0 Å². The number of ether oxygens (including phenoxy) is 1. The molecule has 0 saturated heterocycles. The molecule has 1 amide bonds. The molecule has 5 nitrogen and oxygen atoms in total. The van der Waals surface area contributed by atoms with Gasteiger partial charge < -0.3 is 15.4 Å². The fourth-order valence-corrected chi connectivity index (χ4v) is 2.61. The second kappa shape index (κ2) is 8.36. The molecular formula is C22H23N3O2. The lowest BCUT2D eigenvalue weighted by Gasteiger charge is -2.11. The molecule has 0 atom stereocenters. The van der Waals surface area contributed by atoms with Crippen LogP contribution in [0.15, 0.2) is 66.9 Å². The molecule has 2 N–H and O–H groups in total. The minimum Gasteiger partial charge on any atom is -0.491 e. The highest BCUT2D eigenvalue weighted by molar-refractivity contribution is 6.04. The van der Waals surface area contributed by atoms with Crippen LogP contribution in [0.2, 0.25) is 0 Å². The van der Waals surface area contributed by atoms with Crippen LogP contribution in [0.4, 0.5) is 17.2 Å². The minimum atomic E-state index is -0.165. The van der Waals surface area contributed by atoms with E-state index < -0.39 is 0 Å². The van der Waals surface area contributed by atoms with Gasteiger partial charge in [-0.3, -0.25) is 4.79 Å². The average Bonchev–Trinajstić information content (AvgIpc) is 2.65. The van der Waals surface area contributed by atoms with Crippen LogP contribution in [-0.2, 0) is 0 Å². The smallest absolute Gasteiger partial charge is 0.257 e. The summed E-state index contributed by atoms with van der Waals surface area (Å²) in [6.07, 6.45) is 1.84. The van der Waals surface area contributed by atoms with E-state index >= 15 is 0 Å². The van der Waals surface area contributed by atoms with Crippen molar-refractivity contribution in [3.63, 3.8) is 0 Å². The fourth-order valence-electron chi connectivity index (χ4n) is 2.61. The Bertz CT molecular complexity index is 904. The molecule has 1 heterocycles. The number of anilines is 3. The van der Waals surface area contributed by atoms with E-state index in [4.69, 9.17) is 4.74 Å². The Labute approximate surface area is 159 Å². The predicted octanol–water partition coefficient (Wildman–Crippen LogP) is 5.17. The van der Waals surface area contributed by atoms with Gasteiger partial charge in [-0.05, 0) is 68.8 Å². The van der Waals surface area contributed by atoms with Crippen molar-refractivity contribution in [1.29, 1.82) is 0 Å². The summed E-state index contributed by atoms with van der Waals surface area (Å²) in [5, 5.41) is 6.10. The molecule has 138 valence electrons. The number of nitrogens with zero attached hydrogens (tertiary/aromatic N) is 1. The summed E-state index contributed by atoms with van der Waals surface area (Å²) in [7, 11) is 0. The van der Waals surface area contributed by atoms with Gasteiger partial charge in [0, 0.05) is 11.3 Å². The van der Waals surface area contributed by atoms with Gasteiger partial charge in [0.1, 0.15) is 11.6 Å². The van der Waals surface area contributed by atoms with Crippen molar-refractivity contribution in [2.75, 3.05) is 10.6 Å². The topological polar surface area (TPSA) is 63.2 Å². The molecule has 2 aromatic carbocycles. The lowest BCUT2D eigenvalue weighted by Crippen LogP contribution is -2.14. The van der Waals surface area contributed by atoms with Crippen LogP contribution in [0.25, 0.3) is 0 Å². The molecule has 0 bridgehead atoms. The van der Waals surface area contributed by atoms with Crippen molar-refractivity contribution in [2.24, 2.45) is 0 Å². The Balaban J connectivity index is 1.62. The lowest BCUT2D eigenvalue weighted by atomic mass is 10.1. The second-order valence-corrected chi connectivity index (χ2v) is 6.52. The summed E-state index contributed by atoms with van der Waals surface area (Å²) in [5.41, 5.74) is 3.34. The normalized spacial score (nSPS) is 10.5. The first-order valence-corrected chi connectivity index (χ1v) is 8.88. The number of benzene rings is 2. The number of amides is 1. The first-order valence-electron chi connectivity index (χ1n) is 8.88. The van der Waals surface area contributed by atoms with E-state index in [1.165, 1.54) is 0 Å². The first kappa shape index (κ1) is 18.5. The van der Waals surface area contributed by atoms with Crippen LogP contribution in [0.5, 0.6) is 5.75 Å². The summed E-state index contributed by atoms with van der Waals surface area (Å²) in [6.45, 7) is 5.90. The molecule has 3 rings (SSSR count). The third-order valence-corrected chi connectivity index (χ3v) is 3.91. The molecule has 0 aliphatic carbocycles. The first-order chi connectivity index (χ1) is 13.0. The molecule has 3 aromatic rings. The number of aromatic nitrogens is 1. The number of carbonyl (C=O) groups is 1. The van der Waals surface area contributed by atoms with E-state index in [0.29, 0.717) is 11.4 Å². The second-order valence-electron chi connectivity index (χ2n) is 6.52. The van der Waals surface area contributed by atoms with Gasteiger partial charge >= 0.3 is 0 Å². The Morgan fingerprint density at radius 3 is 2.30 bits per heavy atom. The Hall–Kier alpha value is -3.34. The zero-order chi connectivity index (χ0) is 19.2. The van der Waals surface area contributed by atoms with Crippen molar-refractivity contribution < 1.29 is 9.53 Å². The number of hydrogen-bond donors (Lipinski definition) is 2. The Kier molecular flexibility index (Phi) is 5.71. The van der Waals surface area contributed by atoms with Gasteiger partial charge in [-0.2, -0.15) is 0 Å². The molecule has 5 heteroatoms. The summed E-state index contributed by atoms with van der Waals surface area (Å²) in [6, 6.07) is 18.9. The van der Waals surface area contributed by atoms with Crippen LogP contribution >= 0.6 is 0 Å². The summed E-state index contributed by atoms with van der Waals surface area (Å²) in [5.74, 6) is 1.18. The number of pyridine rings is 1. The van der Waals surface area contributed by atoms with Gasteiger partial charge in [0.05, 0.1) is 18.0 Å². The maximum atomic E-state index is 12.3. The molecule has 0 aliphatic rings. The minimum absolute atomic E-state index is 0.149. The van der Waals surface area contributed by atoms with Gasteiger partial charge in [-0.1, -0.05) is 18.2 Å². The summed E-state index contributed by atoms with van der Waals surface area (Å²) >= 11 is 0. The van der Waals surface area contributed by atoms with Crippen LogP contribution < -0.4 is 15.4 Å². The van der Waals surface area contributed by atoms with Crippen LogP contribution in [0.1, 0.15) is 29.8 Å². The molecule has 0 saturated carbocycles. The molecular weight excluding hydrogens is 338 g/mol. The van der Waals surface area contributed by atoms with Crippen molar-refractivity contribution in [3.05, 3.63) is 78.0 Å². The molecule has 0 unspecified atom stereocenters. The van der Waals surface area contributed by atoms with Gasteiger partial charge in [-0.15, -0.1) is 0 Å². The summed E-state index contributed by atoms with van der Waals surface area (Å²) < 4.78 is 5.64. The van der Waals surface area contributed by atoms with E-state index in [9.17, 15) is 4.79 Å². The van der Waals surface area contributed by atoms with Crippen molar-refractivity contribution in [1.82, 2.24) is 4.98 Å². The highest BCUT2D eigenvalue weighted by Gasteiger charge is 2.09. The SMILES string of the molecule is Cc1ccccc1C(=O)Nc1ccc(Nc2ccc(OC(C)C)cc2)cn1. The standard InChI is InChI=1S/C22H23N3O2/c1-15(2)27-19-11-8-17(9-12-19)24-18-10-13-21(23-14-18)25-22(26)20-7-5-4-6-16(20)3/h4-15,24H,1-3H3,(H,23,25,26). The monoisotopic (exact) mass is 361 g/mol. The van der Waals surface area contributed by atoms with E-state index in [1.54, 1.807) is 18.3 Å². The van der Waals surface area contributed by atoms with Crippen LogP contribution in [0, 0.1) is 6.92 Å². The number of rotatable bonds is 6. The van der Waals surface area contributed by atoms with Crippen LogP contribution in [-0.4, -0.2) is 17.0 Å². The molecule has 0 spiro atoms. The molecule has 0 fully saturated rings. The zero-order valence-corrected chi connectivity index (χ0v) is 15.7. The van der Waals surface area contributed by atoms with Gasteiger partial charge in [0.2, 0.25) is 0 Å². The fraction of sp³-hybridized carbons (Fsp3) is 0.182. The van der Waals surface area contributed by atoms with E-state index in [1.807, 2.05) is 69.3 Å². The molecule has 1 aromatic heterocycles. The Morgan fingerprint density at radius 2 is 1.67 bits per heavy atom. The van der Waals surface area contributed by atoms with Gasteiger partial charge in [-0.25, -0.2) is 4.98 Å². The molecule has 27 heavy (non-hydrogen) atoms. The third kappa shape index (κ3) is 5.07. The number of carbonyl (C=O) groups excluding carboxylic acids is 1. The van der Waals surface area contributed by atoms with Crippen molar-refractivity contribution in [3.8, 4) is 5.75 Å². The maximum Gasteiger partial charge on any atom is 0.257 e. The van der Waals surface area contributed by atoms with Crippen molar-refractivity contribution >= 4 is 23.1 Å². The highest BCUT2D eigenvalue weighted by Crippen LogP contribution is 2.21. The van der Waals surface area contributed by atoms with Gasteiger partial charge in [0.15, 0.2) is 0 Å². The largest absolute Gasteiger partial charge is 0.491 e. The quantitative estimate of drug-likeness (QED) is 0.635. The van der Waals surface area contributed by atoms with Gasteiger partial charge in [0.25, 0.3) is 5.91 Å². The third-order valence-electron chi connectivity index (χ3n) is 3.91. The Morgan fingerprint density at radius 1 is 0.963 bits per heavy atom. The van der Waals surface area contributed by atoms with Crippen molar-refractivity contribution in [2.45, 2.75) is 26.9 Å². The van der Waals surface area contributed by atoms with E-state index in [2.05, 4.69) is 15.6 Å². The average molecular weight is 361 g/mol. The molecule has 0 radical (unpaired) electrons. The molecule has 0 aliphatic heterocycles. The highest BCUT2D eigenvalue weighted by atomic mass is 16.5. The predicted molar refractivity (Wildman–Crippen MR) is 109 cm³/mol. The number of hydrogen-bond acceptors (Lipinski definition) is 4. The zero-order valence-electron chi connectivity index (χ0n) is 15.7. The van der Waals surface area contributed by atoms with Crippen LogP contribution in [0.3, 0.4) is 0 Å². The lowest BCUT2D eigenvalue weighted by molar-refractivity contribution is 0.102. The number of nitrogens with one attached hydrogen (secondary N) is 2. The number of aryl methyl sites for hydroxylation is 1. The summed E-state index contributed by atoms with van der Waals surface area (Å²) in [4.78, 5) is 16.6.